The lowest BCUT2D eigenvalue weighted by Gasteiger charge is -2.20. The number of carbonyl (C=O) groups excluding carboxylic acids is 1. The summed E-state index contributed by atoms with van der Waals surface area (Å²) >= 11 is 0.988. The highest BCUT2D eigenvalue weighted by atomic mass is 32.1. The highest BCUT2D eigenvalue weighted by molar-refractivity contribution is 7.18. The predicted molar refractivity (Wildman–Crippen MR) is 68.7 cm³/mol. The van der Waals surface area contributed by atoms with Gasteiger partial charge in [-0.25, -0.2) is 4.98 Å². The molecule has 0 spiro atoms. The summed E-state index contributed by atoms with van der Waals surface area (Å²) in [6, 6.07) is 0.335. The first kappa shape index (κ1) is 13.5. The van der Waals surface area contributed by atoms with Crippen LogP contribution in [-0.4, -0.2) is 28.6 Å². The molecular formula is C11H13F3N4OS. The number of nitrogen functional groups attached to an aromatic ring is 1. The summed E-state index contributed by atoms with van der Waals surface area (Å²) in [5.74, 6) is -0.840. The van der Waals surface area contributed by atoms with Crippen LogP contribution in [0.3, 0.4) is 0 Å². The van der Waals surface area contributed by atoms with Gasteiger partial charge in [0.25, 0.3) is 5.91 Å². The van der Waals surface area contributed by atoms with Crippen LogP contribution >= 0.6 is 11.3 Å². The summed E-state index contributed by atoms with van der Waals surface area (Å²) in [5.41, 5.74) is 3.53. The molecule has 0 aliphatic heterocycles. The number of alkyl halides is 3. The van der Waals surface area contributed by atoms with Gasteiger partial charge in [0, 0.05) is 6.04 Å². The number of anilines is 2. The lowest BCUT2D eigenvalue weighted by Crippen LogP contribution is -2.47. The van der Waals surface area contributed by atoms with Crippen LogP contribution in [0.5, 0.6) is 0 Å². The van der Waals surface area contributed by atoms with Crippen LogP contribution in [0.4, 0.5) is 24.1 Å². The van der Waals surface area contributed by atoms with E-state index in [0.29, 0.717) is 11.2 Å². The minimum Gasteiger partial charge on any atom is -0.382 e. The minimum absolute atomic E-state index is 0.0312. The molecule has 110 valence electrons. The molecule has 2 aliphatic carbocycles. The molecule has 2 fully saturated rings. The number of halogens is 3. The molecule has 20 heavy (non-hydrogen) atoms. The summed E-state index contributed by atoms with van der Waals surface area (Å²) in [4.78, 5) is 15.9. The molecule has 0 saturated heterocycles. The summed E-state index contributed by atoms with van der Waals surface area (Å²) in [6.45, 7) is 0. The van der Waals surface area contributed by atoms with Crippen LogP contribution in [0.2, 0.25) is 0 Å². The van der Waals surface area contributed by atoms with E-state index in [1.807, 2.05) is 5.32 Å². The van der Waals surface area contributed by atoms with E-state index in [1.54, 1.807) is 0 Å². The van der Waals surface area contributed by atoms with Crippen molar-refractivity contribution >= 4 is 28.2 Å². The number of amides is 1. The molecule has 0 aromatic carbocycles. The molecule has 4 N–H and O–H groups in total. The van der Waals surface area contributed by atoms with Gasteiger partial charge in [-0.15, -0.1) is 0 Å². The molecule has 3 rings (SSSR count). The summed E-state index contributed by atoms with van der Waals surface area (Å²) < 4.78 is 38.4. The minimum atomic E-state index is -4.43. The van der Waals surface area contributed by atoms with Gasteiger partial charge in [0.1, 0.15) is 16.2 Å². The fourth-order valence-electron chi connectivity index (χ4n) is 1.84. The molecule has 9 heteroatoms. The second-order valence-electron chi connectivity index (χ2n) is 5.19. The normalized spacial score (nSPS) is 20.6. The van der Waals surface area contributed by atoms with Gasteiger partial charge in [0.05, 0.1) is 0 Å². The Hall–Kier alpha value is -1.51. The Bertz CT molecular complexity index is 548. The Balaban J connectivity index is 1.72. The van der Waals surface area contributed by atoms with E-state index >= 15 is 0 Å². The van der Waals surface area contributed by atoms with E-state index in [2.05, 4.69) is 10.3 Å². The predicted octanol–water partition coefficient (Wildman–Crippen LogP) is 2.12. The Morgan fingerprint density at radius 1 is 1.40 bits per heavy atom. The van der Waals surface area contributed by atoms with Gasteiger partial charge >= 0.3 is 6.18 Å². The molecule has 1 heterocycles. The average molecular weight is 306 g/mol. The highest BCUT2D eigenvalue weighted by Crippen LogP contribution is 2.49. The first-order chi connectivity index (χ1) is 9.31. The zero-order valence-electron chi connectivity index (χ0n) is 10.4. The number of thiazole rings is 1. The molecule has 1 amide bonds. The second kappa shape index (κ2) is 4.24. The van der Waals surface area contributed by atoms with E-state index in [0.717, 1.165) is 24.2 Å². The number of aromatic nitrogens is 1. The first-order valence-electron chi connectivity index (χ1n) is 6.23. The number of rotatable bonds is 4. The molecule has 0 unspecified atom stereocenters. The number of hydrogen-bond acceptors (Lipinski definition) is 5. The van der Waals surface area contributed by atoms with Gasteiger partial charge in [0.15, 0.2) is 5.13 Å². The molecule has 0 radical (unpaired) electrons. The van der Waals surface area contributed by atoms with Gasteiger partial charge in [-0.3, -0.25) is 4.79 Å². The lowest BCUT2D eigenvalue weighted by molar-refractivity contribution is -0.163. The van der Waals surface area contributed by atoms with Crippen LogP contribution in [0.25, 0.3) is 0 Å². The SMILES string of the molecule is Nc1nc(NC2CC2)sc1C(=O)NC1(C(F)(F)F)CC1. The Morgan fingerprint density at radius 2 is 2.05 bits per heavy atom. The first-order valence-corrected chi connectivity index (χ1v) is 7.04. The summed E-state index contributed by atoms with van der Waals surface area (Å²) in [5, 5.41) is 5.59. The molecule has 2 saturated carbocycles. The van der Waals surface area contributed by atoms with E-state index < -0.39 is 17.6 Å². The molecule has 5 nitrogen and oxygen atoms in total. The van der Waals surface area contributed by atoms with Crippen molar-refractivity contribution in [2.24, 2.45) is 0 Å². The van der Waals surface area contributed by atoms with Crippen LogP contribution in [0.15, 0.2) is 0 Å². The van der Waals surface area contributed by atoms with Crippen LogP contribution in [-0.2, 0) is 0 Å². The van der Waals surface area contributed by atoms with Crippen molar-refractivity contribution in [3.8, 4) is 0 Å². The lowest BCUT2D eigenvalue weighted by atomic mass is 10.2. The molecule has 1 aromatic heterocycles. The quantitative estimate of drug-likeness (QED) is 0.796. The van der Waals surface area contributed by atoms with Gasteiger partial charge in [0.2, 0.25) is 0 Å². The van der Waals surface area contributed by atoms with Crippen LogP contribution in [0.1, 0.15) is 35.4 Å². The van der Waals surface area contributed by atoms with Crippen molar-refractivity contribution in [3.05, 3.63) is 4.88 Å². The van der Waals surface area contributed by atoms with E-state index in [4.69, 9.17) is 5.73 Å². The number of nitrogens with two attached hydrogens (primary N) is 1. The van der Waals surface area contributed by atoms with Crippen molar-refractivity contribution in [2.75, 3.05) is 11.1 Å². The molecule has 1 aromatic rings. The van der Waals surface area contributed by atoms with Gasteiger partial charge in [-0.05, 0) is 25.7 Å². The summed E-state index contributed by atoms with van der Waals surface area (Å²) in [7, 11) is 0. The van der Waals surface area contributed by atoms with Gasteiger partial charge in [-0.1, -0.05) is 11.3 Å². The number of hydrogen-bond donors (Lipinski definition) is 3. The number of nitrogens with one attached hydrogen (secondary N) is 2. The molecule has 2 aliphatic rings. The molecule has 0 atom stereocenters. The zero-order chi connectivity index (χ0) is 14.5. The zero-order valence-corrected chi connectivity index (χ0v) is 11.2. The Labute approximate surface area is 116 Å². The Kier molecular flexibility index (Phi) is 2.86. The number of carbonyl (C=O) groups is 1. The topological polar surface area (TPSA) is 80.0 Å². The standard InChI is InChI=1S/C11H13F3N4OS/c12-11(13,14)10(3-4-10)18-8(19)6-7(15)17-9(20-6)16-5-1-2-5/h5H,1-4,15H2,(H,16,17)(H,18,19). The maximum absolute atomic E-state index is 12.8. The largest absolute Gasteiger partial charge is 0.411 e. The van der Waals surface area contributed by atoms with E-state index in [-0.39, 0.29) is 23.5 Å². The van der Waals surface area contributed by atoms with Crippen molar-refractivity contribution in [1.29, 1.82) is 0 Å². The van der Waals surface area contributed by atoms with Crippen LogP contribution < -0.4 is 16.4 Å². The van der Waals surface area contributed by atoms with Crippen molar-refractivity contribution in [3.63, 3.8) is 0 Å². The van der Waals surface area contributed by atoms with Gasteiger partial charge < -0.3 is 16.4 Å². The third-order valence-corrected chi connectivity index (χ3v) is 4.41. The Morgan fingerprint density at radius 3 is 2.55 bits per heavy atom. The van der Waals surface area contributed by atoms with Crippen LogP contribution in [0, 0.1) is 0 Å². The van der Waals surface area contributed by atoms with E-state index in [1.165, 1.54) is 0 Å². The van der Waals surface area contributed by atoms with Crippen molar-refractivity contribution in [1.82, 2.24) is 10.3 Å². The summed E-state index contributed by atoms with van der Waals surface area (Å²) in [6.07, 6.45) is -2.56. The van der Waals surface area contributed by atoms with Gasteiger partial charge in [-0.2, -0.15) is 13.2 Å². The highest BCUT2D eigenvalue weighted by Gasteiger charge is 2.64. The maximum Gasteiger partial charge on any atom is 0.411 e. The monoisotopic (exact) mass is 306 g/mol. The molecule has 0 bridgehead atoms. The third-order valence-electron chi connectivity index (χ3n) is 3.41. The average Bonchev–Trinajstić information content (AvgIpc) is 3.20. The van der Waals surface area contributed by atoms with Crippen molar-refractivity contribution in [2.45, 2.75) is 43.4 Å². The maximum atomic E-state index is 12.8. The van der Waals surface area contributed by atoms with E-state index in [9.17, 15) is 18.0 Å². The fourth-order valence-corrected chi connectivity index (χ4v) is 2.69. The van der Waals surface area contributed by atoms with Crippen molar-refractivity contribution < 1.29 is 18.0 Å². The fraction of sp³-hybridized carbons (Fsp3) is 0.636. The molecular weight excluding hydrogens is 293 g/mol. The second-order valence-corrected chi connectivity index (χ2v) is 6.19. The third kappa shape index (κ3) is 2.41. The number of nitrogens with zero attached hydrogens (tertiary/aromatic N) is 1. The smallest absolute Gasteiger partial charge is 0.382 e.